The number of aryl methyl sites for hydroxylation is 2. The molecule has 0 unspecified atom stereocenters. The molecule has 0 fully saturated rings. The molecule has 38 heavy (non-hydrogen) atoms. The van der Waals surface area contributed by atoms with Crippen LogP contribution in [0, 0.1) is 13.8 Å². The first-order valence-electron chi connectivity index (χ1n) is 11.3. The molecule has 0 spiro atoms. The van der Waals surface area contributed by atoms with Gasteiger partial charge in [-0.3, -0.25) is 9.44 Å². The summed E-state index contributed by atoms with van der Waals surface area (Å²) in [6.07, 6.45) is 0. The lowest BCUT2D eigenvalue weighted by molar-refractivity contribution is 0.0697. The van der Waals surface area contributed by atoms with E-state index in [9.17, 15) is 26.7 Å². The largest absolute Gasteiger partial charge is 0.478 e. The first kappa shape index (κ1) is 26.7. The number of carboxylic acids is 1. The summed E-state index contributed by atoms with van der Waals surface area (Å²) < 4.78 is 61.1. The summed E-state index contributed by atoms with van der Waals surface area (Å²) in [6, 6.07) is 22.5. The minimum Gasteiger partial charge on any atom is -0.478 e. The number of nitrogens with one attached hydrogen (secondary N) is 2. The molecule has 4 rings (SSSR count). The molecule has 0 bridgehead atoms. The summed E-state index contributed by atoms with van der Waals surface area (Å²) in [5, 5.41) is 9.66. The Labute approximate surface area is 220 Å². The first-order chi connectivity index (χ1) is 17.9. The van der Waals surface area contributed by atoms with Crippen molar-refractivity contribution in [1.82, 2.24) is 0 Å². The fraction of sp³-hybridized carbons (Fsp3) is 0.0741. The van der Waals surface area contributed by atoms with Crippen molar-refractivity contribution in [2.45, 2.75) is 23.6 Å². The SMILES string of the molecule is Cc1ccc(S(=O)(=O)Nc2ccc(Oc3ccc(NS(=O)(=O)c4ccc(C)cc4)c(C(=O)O)c3)cc2)cc1. The monoisotopic (exact) mass is 552 g/mol. The smallest absolute Gasteiger partial charge is 0.337 e. The molecule has 0 radical (unpaired) electrons. The maximum absolute atomic E-state index is 12.7. The quantitative estimate of drug-likeness (QED) is 0.253. The van der Waals surface area contributed by atoms with Crippen molar-refractivity contribution >= 4 is 37.4 Å². The molecule has 0 aliphatic rings. The number of benzene rings is 4. The van der Waals surface area contributed by atoms with Gasteiger partial charge in [-0.05, 0) is 80.6 Å². The Morgan fingerprint density at radius 3 is 1.63 bits per heavy atom. The summed E-state index contributed by atoms with van der Waals surface area (Å²) in [6.45, 7) is 3.68. The second-order valence-corrected chi connectivity index (χ2v) is 11.8. The van der Waals surface area contributed by atoms with Crippen molar-refractivity contribution in [2.24, 2.45) is 0 Å². The molecule has 0 saturated heterocycles. The van der Waals surface area contributed by atoms with Gasteiger partial charge in [-0.2, -0.15) is 0 Å². The van der Waals surface area contributed by atoms with Crippen LogP contribution in [0.15, 0.2) is 101 Å². The standard InChI is InChI=1S/C27H24N2O7S2/c1-18-3-12-23(13-4-18)37(32,33)28-20-7-9-21(10-8-20)36-22-11-16-26(25(17-22)27(30)31)29-38(34,35)24-14-5-19(2)6-15-24/h3-17,28-29H,1-2H3,(H,30,31). The third kappa shape index (κ3) is 6.31. The number of ether oxygens (including phenoxy) is 1. The topological polar surface area (TPSA) is 139 Å². The van der Waals surface area contributed by atoms with Crippen molar-refractivity contribution in [3.63, 3.8) is 0 Å². The van der Waals surface area contributed by atoms with Crippen LogP contribution in [-0.2, 0) is 20.0 Å². The van der Waals surface area contributed by atoms with Gasteiger partial charge in [-0.1, -0.05) is 35.4 Å². The minimum atomic E-state index is -4.01. The van der Waals surface area contributed by atoms with Crippen LogP contribution >= 0.6 is 0 Å². The normalized spacial score (nSPS) is 11.5. The van der Waals surface area contributed by atoms with E-state index in [2.05, 4.69) is 9.44 Å². The summed E-state index contributed by atoms with van der Waals surface area (Å²) in [4.78, 5) is 12.0. The van der Waals surface area contributed by atoms with Crippen LogP contribution in [0.4, 0.5) is 11.4 Å². The molecule has 4 aromatic rings. The molecule has 3 N–H and O–H groups in total. The summed E-state index contributed by atoms with van der Waals surface area (Å²) in [5.41, 5.74) is 1.71. The van der Waals surface area contributed by atoms with E-state index in [-0.39, 0.29) is 26.8 Å². The lowest BCUT2D eigenvalue weighted by atomic mass is 10.2. The summed E-state index contributed by atoms with van der Waals surface area (Å²) >= 11 is 0. The van der Waals surface area contributed by atoms with Crippen LogP contribution in [0.1, 0.15) is 21.5 Å². The minimum absolute atomic E-state index is 0.00198. The molecule has 0 saturated carbocycles. The number of carbonyl (C=O) groups is 1. The van der Waals surface area contributed by atoms with Crippen molar-refractivity contribution in [2.75, 3.05) is 9.44 Å². The third-order valence-corrected chi connectivity index (χ3v) is 8.25. The van der Waals surface area contributed by atoms with Gasteiger partial charge in [-0.25, -0.2) is 21.6 Å². The van der Waals surface area contributed by atoms with Crippen LogP contribution in [-0.4, -0.2) is 27.9 Å². The van der Waals surface area contributed by atoms with Gasteiger partial charge >= 0.3 is 5.97 Å². The molecular formula is C27H24N2O7S2. The molecule has 11 heteroatoms. The van der Waals surface area contributed by atoms with Crippen LogP contribution in [0.3, 0.4) is 0 Å². The molecular weight excluding hydrogens is 528 g/mol. The second-order valence-electron chi connectivity index (χ2n) is 8.48. The highest BCUT2D eigenvalue weighted by atomic mass is 32.2. The third-order valence-electron chi connectivity index (χ3n) is 5.47. The van der Waals surface area contributed by atoms with E-state index in [0.717, 1.165) is 11.1 Å². The van der Waals surface area contributed by atoms with Gasteiger partial charge in [0.05, 0.1) is 21.0 Å². The maximum Gasteiger partial charge on any atom is 0.337 e. The fourth-order valence-electron chi connectivity index (χ4n) is 3.43. The zero-order valence-corrected chi connectivity index (χ0v) is 22.0. The molecule has 0 amide bonds. The van der Waals surface area contributed by atoms with E-state index in [1.165, 1.54) is 66.7 Å². The first-order valence-corrected chi connectivity index (χ1v) is 14.2. The van der Waals surface area contributed by atoms with Gasteiger partial charge in [0.25, 0.3) is 20.0 Å². The number of anilines is 2. The number of sulfonamides is 2. The molecule has 0 heterocycles. The van der Waals surface area contributed by atoms with E-state index in [1.807, 2.05) is 13.8 Å². The van der Waals surface area contributed by atoms with Gasteiger partial charge in [0.2, 0.25) is 0 Å². The number of hydrogen-bond donors (Lipinski definition) is 3. The Hall–Kier alpha value is -4.35. The molecule has 0 aliphatic heterocycles. The van der Waals surface area contributed by atoms with Gasteiger partial charge < -0.3 is 9.84 Å². The number of rotatable bonds is 9. The van der Waals surface area contributed by atoms with E-state index in [0.29, 0.717) is 11.4 Å². The number of carboxylic acid groups (broad SMARTS) is 1. The zero-order chi connectivity index (χ0) is 27.5. The Morgan fingerprint density at radius 2 is 1.13 bits per heavy atom. The zero-order valence-electron chi connectivity index (χ0n) is 20.4. The Kier molecular flexibility index (Phi) is 7.42. The van der Waals surface area contributed by atoms with Crippen molar-refractivity contribution in [1.29, 1.82) is 0 Å². The van der Waals surface area contributed by atoms with E-state index < -0.39 is 26.0 Å². The lowest BCUT2D eigenvalue weighted by Crippen LogP contribution is -2.15. The predicted molar refractivity (Wildman–Crippen MR) is 144 cm³/mol. The molecule has 0 atom stereocenters. The highest BCUT2D eigenvalue weighted by Gasteiger charge is 2.20. The van der Waals surface area contributed by atoms with Crippen LogP contribution in [0.2, 0.25) is 0 Å². The second kappa shape index (κ2) is 10.6. The van der Waals surface area contributed by atoms with Crippen molar-refractivity contribution in [3.05, 3.63) is 108 Å². The van der Waals surface area contributed by atoms with Gasteiger partial charge in [-0.15, -0.1) is 0 Å². The lowest BCUT2D eigenvalue weighted by Gasteiger charge is -2.13. The number of aromatic carboxylic acids is 1. The molecule has 0 aliphatic carbocycles. The van der Waals surface area contributed by atoms with E-state index in [1.54, 1.807) is 24.3 Å². The van der Waals surface area contributed by atoms with E-state index in [4.69, 9.17) is 4.74 Å². The van der Waals surface area contributed by atoms with Gasteiger partial charge in [0, 0.05) is 5.69 Å². The highest BCUT2D eigenvalue weighted by Crippen LogP contribution is 2.29. The fourth-order valence-corrected chi connectivity index (χ4v) is 5.57. The van der Waals surface area contributed by atoms with Crippen molar-refractivity contribution in [3.8, 4) is 11.5 Å². The number of hydrogen-bond acceptors (Lipinski definition) is 6. The van der Waals surface area contributed by atoms with Crippen molar-refractivity contribution < 1.29 is 31.5 Å². The van der Waals surface area contributed by atoms with Gasteiger partial charge in [0.1, 0.15) is 11.5 Å². The molecule has 0 aromatic heterocycles. The average molecular weight is 553 g/mol. The van der Waals surface area contributed by atoms with Crippen LogP contribution in [0.5, 0.6) is 11.5 Å². The van der Waals surface area contributed by atoms with E-state index >= 15 is 0 Å². The molecule has 4 aromatic carbocycles. The van der Waals surface area contributed by atoms with Crippen LogP contribution < -0.4 is 14.2 Å². The van der Waals surface area contributed by atoms with Crippen LogP contribution in [0.25, 0.3) is 0 Å². The molecule has 196 valence electrons. The Balaban J connectivity index is 1.50. The Bertz CT molecular complexity index is 1680. The molecule has 9 nitrogen and oxygen atoms in total. The summed E-state index contributed by atoms with van der Waals surface area (Å²) in [7, 11) is -7.78. The van der Waals surface area contributed by atoms with Gasteiger partial charge in [0.15, 0.2) is 0 Å². The predicted octanol–water partition coefficient (Wildman–Crippen LogP) is 5.40. The average Bonchev–Trinajstić information content (AvgIpc) is 2.86. The highest BCUT2D eigenvalue weighted by molar-refractivity contribution is 7.93. The maximum atomic E-state index is 12.7. The Morgan fingerprint density at radius 1 is 0.658 bits per heavy atom. The summed E-state index contributed by atoms with van der Waals surface area (Å²) in [5.74, 6) is -0.890.